The van der Waals surface area contributed by atoms with E-state index in [0.717, 1.165) is 30.4 Å². The van der Waals surface area contributed by atoms with Gasteiger partial charge in [0.1, 0.15) is 5.75 Å². The van der Waals surface area contributed by atoms with Crippen LogP contribution >= 0.6 is 0 Å². The van der Waals surface area contributed by atoms with Crippen LogP contribution in [0.5, 0.6) is 5.75 Å². The SMILES string of the molecule is COc1ccc(/C=C/C(=O)N2CCC[C@H](NS(C)(=O)=O)C2)cc1. The van der Waals surface area contributed by atoms with E-state index in [1.807, 2.05) is 24.3 Å². The van der Waals surface area contributed by atoms with Crippen LogP contribution in [-0.2, 0) is 14.8 Å². The van der Waals surface area contributed by atoms with Crippen LogP contribution in [0.4, 0.5) is 0 Å². The molecule has 0 aliphatic carbocycles. The van der Waals surface area contributed by atoms with Crippen molar-refractivity contribution in [2.24, 2.45) is 0 Å². The second-order valence-electron chi connectivity index (χ2n) is 5.62. The van der Waals surface area contributed by atoms with Gasteiger partial charge in [0.15, 0.2) is 0 Å². The fourth-order valence-electron chi connectivity index (χ4n) is 2.56. The predicted octanol–water partition coefficient (Wildman–Crippen LogP) is 1.25. The third-order valence-corrected chi connectivity index (χ3v) is 4.41. The summed E-state index contributed by atoms with van der Waals surface area (Å²) < 4.78 is 30.3. The Labute approximate surface area is 137 Å². The number of amides is 1. The van der Waals surface area contributed by atoms with Gasteiger partial charge in [-0.1, -0.05) is 12.1 Å². The molecule has 2 rings (SSSR count). The molecule has 1 aliphatic rings. The van der Waals surface area contributed by atoms with Crippen molar-refractivity contribution >= 4 is 22.0 Å². The van der Waals surface area contributed by atoms with E-state index in [0.29, 0.717) is 13.1 Å². The lowest BCUT2D eigenvalue weighted by atomic mass is 10.1. The Morgan fingerprint density at radius 3 is 2.65 bits per heavy atom. The Kier molecular flexibility index (Phi) is 5.79. The highest BCUT2D eigenvalue weighted by atomic mass is 32.2. The van der Waals surface area contributed by atoms with Crippen molar-refractivity contribution in [3.8, 4) is 5.75 Å². The molecule has 7 heteroatoms. The van der Waals surface area contributed by atoms with Crippen LogP contribution in [-0.4, -0.2) is 51.7 Å². The zero-order chi connectivity index (χ0) is 16.9. The molecule has 1 atom stereocenters. The van der Waals surface area contributed by atoms with Gasteiger partial charge in [-0.2, -0.15) is 0 Å². The van der Waals surface area contributed by atoms with Crippen molar-refractivity contribution in [3.05, 3.63) is 35.9 Å². The van der Waals surface area contributed by atoms with E-state index in [1.165, 1.54) is 6.08 Å². The van der Waals surface area contributed by atoms with Gasteiger partial charge in [-0.3, -0.25) is 4.79 Å². The van der Waals surface area contributed by atoms with E-state index >= 15 is 0 Å². The number of hydrogen-bond donors (Lipinski definition) is 1. The number of nitrogens with zero attached hydrogens (tertiary/aromatic N) is 1. The number of ether oxygens (including phenoxy) is 1. The number of methoxy groups -OCH3 is 1. The summed E-state index contributed by atoms with van der Waals surface area (Å²) in [6.07, 6.45) is 5.94. The van der Waals surface area contributed by atoms with E-state index in [9.17, 15) is 13.2 Å². The minimum atomic E-state index is -3.25. The summed E-state index contributed by atoms with van der Waals surface area (Å²) in [5, 5.41) is 0. The van der Waals surface area contributed by atoms with Crippen molar-refractivity contribution in [3.63, 3.8) is 0 Å². The predicted molar refractivity (Wildman–Crippen MR) is 89.6 cm³/mol. The molecule has 6 nitrogen and oxygen atoms in total. The molecule has 1 aromatic rings. The number of carbonyl (C=O) groups excluding carboxylic acids is 1. The first-order chi connectivity index (χ1) is 10.9. The van der Waals surface area contributed by atoms with E-state index in [-0.39, 0.29) is 11.9 Å². The number of benzene rings is 1. The molecule has 0 spiro atoms. The molecule has 1 saturated heterocycles. The van der Waals surface area contributed by atoms with E-state index in [2.05, 4.69) is 4.72 Å². The van der Waals surface area contributed by atoms with Gasteiger partial charge in [0, 0.05) is 25.2 Å². The molecule has 23 heavy (non-hydrogen) atoms. The average molecular weight is 338 g/mol. The molecular formula is C16H22N2O4S. The molecule has 0 saturated carbocycles. The van der Waals surface area contributed by atoms with Gasteiger partial charge in [0.2, 0.25) is 15.9 Å². The Morgan fingerprint density at radius 2 is 2.04 bits per heavy atom. The van der Waals surface area contributed by atoms with Gasteiger partial charge in [-0.25, -0.2) is 13.1 Å². The minimum Gasteiger partial charge on any atom is -0.497 e. The van der Waals surface area contributed by atoms with Gasteiger partial charge < -0.3 is 9.64 Å². The van der Waals surface area contributed by atoms with Gasteiger partial charge in [-0.15, -0.1) is 0 Å². The maximum absolute atomic E-state index is 12.2. The number of piperidine rings is 1. The smallest absolute Gasteiger partial charge is 0.246 e. The first-order valence-corrected chi connectivity index (χ1v) is 9.35. The summed E-state index contributed by atoms with van der Waals surface area (Å²) in [7, 11) is -1.65. The molecule has 1 aromatic carbocycles. The molecule has 1 aliphatic heterocycles. The van der Waals surface area contributed by atoms with Crippen LogP contribution in [0.15, 0.2) is 30.3 Å². The van der Waals surface area contributed by atoms with E-state index in [1.54, 1.807) is 18.1 Å². The lowest BCUT2D eigenvalue weighted by molar-refractivity contribution is -0.127. The minimum absolute atomic E-state index is 0.110. The lowest BCUT2D eigenvalue weighted by Crippen LogP contribution is -2.48. The van der Waals surface area contributed by atoms with Crippen LogP contribution in [0, 0.1) is 0 Å². The lowest BCUT2D eigenvalue weighted by Gasteiger charge is -2.32. The molecule has 1 heterocycles. The molecule has 1 N–H and O–H groups in total. The largest absolute Gasteiger partial charge is 0.497 e. The highest BCUT2D eigenvalue weighted by molar-refractivity contribution is 7.88. The number of sulfonamides is 1. The maximum Gasteiger partial charge on any atom is 0.246 e. The fraction of sp³-hybridized carbons (Fsp3) is 0.438. The molecular weight excluding hydrogens is 316 g/mol. The van der Waals surface area contributed by atoms with Crippen molar-refractivity contribution in [1.82, 2.24) is 9.62 Å². The summed E-state index contributed by atoms with van der Waals surface area (Å²) in [6.45, 7) is 1.05. The zero-order valence-corrected chi connectivity index (χ0v) is 14.2. The Bertz CT molecular complexity index is 668. The second kappa shape index (κ2) is 7.61. The van der Waals surface area contributed by atoms with Crippen LogP contribution in [0.3, 0.4) is 0 Å². The summed E-state index contributed by atoms with van der Waals surface area (Å²) in [5.41, 5.74) is 0.905. The van der Waals surface area contributed by atoms with E-state index < -0.39 is 10.0 Å². The normalized spacial score (nSPS) is 19.0. The topological polar surface area (TPSA) is 75.7 Å². The second-order valence-corrected chi connectivity index (χ2v) is 7.40. The Morgan fingerprint density at radius 1 is 1.35 bits per heavy atom. The molecule has 0 aromatic heterocycles. The monoisotopic (exact) mass is 338 g/mol. The van der Waals surface area contributed by atoms with Crippen LogP contribution in [0.1, 0.15) is 18.4 Å². The van der Waals surface area contributed by atoms with Gasteiger partial charge in [-0.05, 0) is 36.6 Å². The standard InChI is InChI=1S/C16H22N2O4S/c1-22-15-8-5-13(6-9-15)7-10-16(19)18-11-3-4-14(12-18)17-23(2,20)21/h5-10,14,17H,3-4,11-12H2,1-2H3/b10-7+/t14-/m0/s1. The highest BCUT2D eigenvalue weighted by Gasteiger charge is 2.24. The first-order valence-electron chi connectivity index (χ1n) is 7.46. The molecule has 126 valence electrons. The first kappa shape index (κ1) is 17.5. The summed E-state index contributed by atoms with van der Waals surface area (Å²) in [5.74, 6) is 0.653. The molecule has 1 amide bonds. The summed E-state index contributed by atoms with van der Waals surface area (Å²) in [6, 6.07) is 7.19. The number of nitrogens with one attached hydrogen (secondary N) is 1. The fourth-order valence-corrected chi connectivity index (χ4v) is 3.36. The van der Waals surface area contributed by atoms with Crippen LogP contribution in [0.2, 0.25) is 0 Å². The molecule has 0 bridgehead atoms. The highest BCUT2D eigenvalue weighted by Crippen LogP contribution is 2.14. The third kappa shape index (κ3) is 5.69. The van der Waals surface area contributed by atoms with Crippen molar-refractivity contribution in [2.75, 3.05) is 26.5 Å². The maximum atomic E-state index is 12.2. The molecule has 0 radical (unpaired) electrons. The Hall–Kier alpha value is -1.86. The number of likely N-dealkylation sites (tertiary alicyclic amines) is 1. The average Bonchev–Trinajstić information content (AvgIpc) is 2.51. The van der Waals surface area contributed by atoms with Crippen molar-refractivity contribution < 1.29 is 17.9 Å². The summed E-state index contributed by atoms with van der Waals surface area (Å²) in [4.78, 5) is 13.9. The summed E-state index contributed by atoms with van der Waals surface area (Å²) >= 11 is 0. The zero-order valence-electron chi connectivity index (χ0n) is 13.4. The van der Waals surface area contributed by atoms with Gasteiger partial charge >= 0.3 is 0 Å². The van der Waals surface area contributed by atoms with Crippen molar-refractivity contribution in [1.29, 1.82) is 0 Å². The van der Waals surface area contributed by atoms with Gasteiger partial charge in [0.25, 0.3) is 0 Å². The van der Waals surface area contributed by atoms with Crippen LogP contribution in [0.25, 0.3) is 6.08 Å². The molecule has 0 unspecified atom stereocenters. The third-order valence-electron chi connectivity index (χ3n) is 3.65. The van der Waals surface area contributed by atoms with Crippen molar-refractivity contribution in [2.45, 2.75) is 18.9 Å². The van der Waals surface area contributed by atoms with Crippen LogP contribution < -0.4 is 9.46 Å². The van der Waals surface area contributed by atoms with Gasteiger partial charge in [0.05, 0.1) is 13.4 Å². The Balaban J connectivity index is 1.95. The molecule has 1 fully saturated rings. The van der Waals surface area contributed by atoms with E-state index in [4.69, 9.17) is 4.74 Å². The number of carbonyl (C=O) groups is 1. The number of hydrogen-bond acceptors (Lipinski definition) is 4. The number of rotatable bonds is 5. The quantitative estimate of drug-likeness (QED) is 0.820.